The molecule has 4 rings (SSSR count). The van der Waals surface area contributed by atoms with Gasteiger partial charge in [0, 0.05) is 52.4 Å². The number of nitrogens with one attached hydrogen (secondary N) is 1. The van der Waals surface area contributed by atoms with E-state index in [2.05, 4.69) is 30.3 Å². The predicted molar refractivity (Wildman–Crippen MR) is 103 cm³/mol. The fraction of sp³-hybridized carbons (Fsp3) is 0.842. The Morgan fingerprint density at radius 1 is 1.08 bits per heavy atom. The number of unbranched alkanes of at least 4 members (excludes halogenated alkanes) is 1. The highest BCUT2D eigenvalue weighted by molar-refractivity contribution is 5.79. The number of aromatic nitrogens is 3. The molecular weight excluding hydrogens is 326 g/mol. The molecule has 1 N–H and O–H groups in total. The first-order valence-electron chi connectivity index (χ1n) is 10.4. The quantitative estimate of drug-likeness (QED) is 0.473. The summed E-state index contributed by atoms with van der Waals surface area (Å²) in [6, 6.07) is 0.878. The number of aryl methyl sites for hydroxylation is 1. The molecule has 0 amide bonds. The zero-order valence-corrected chi connectivity index (χ0v) is 16.1. The van der Waals surface area contributed by atoms with Gasteiger partial charge in [0.2, 0.25) is 0 Å². The SMILES string of the molecule is CN=C(NCCCCn1cnnc1)N1CCN(C2CC3CCC2C3)CC1. The summed E-state index contributed by atoms with van der Waals surface area (Å²) in [7, 11) is 1.90. The molecule has 3 unspecified atom stereocenters. The van der Waals surface area contributed by atoms with Gasteiger partial charge in [-0.2, -0.15) is 0 Å². The molecule has 2 aliphatic carbocycles. The van der Waals surface area contributed by atoms with Gasteiger partial charge in [0.25, 0.3) is 0 Å². The summed E-state index contributed by atoms with van der Waals surface area (Å²) < 4.78 is 2.03. The highest BCUT2D eigenvalue weighted by Crippen LogP contribution is 2.46. The van der Waals surface area contributed by atoms with Gasteiger partial charge >= 0.3 is 0 Å². The molecule has 2 heterocycles. The Bertz CT molecular complexity index is 577. The molecule has 26 heavy (non-hydrogen) atoms. The second-order valence-corrected chi connectivity index (χ2v) is 8.15. The lowest BCUT2D eigenvalue weighted by Gasteiger charge is -2.42. The van der Waals surface area contributed by atoms with Gasteiger partial charge in [-0.1, -0.05) is 6.42 Å². The average Bonchev–Trinajstić information content (AvgIpc) is 3.43. The predicted octanol–water partition coefficient (Wildman–Crippen LogP) is 1.44. The number of piperazine rings is 1. The maximum Gasteiger partial charge on any atom is 0.193 e. The van der Waals surface area contributed by atoms with Gasteiger partial charge in [-0.25, -0.2) is 0 Å². The van der Waals surface area contributed by atoms with Crippen molar-refractivity contribution in [3.05, 3.63) is 12.7 Å². The lowest BCUT2D eigenvalue weighted by molar-refractivity contribution is 0.0958. The summed E-state index contributed by atoms with van der Waals surface area (Å²) in [4.78, 5) is 9.71. The smallest absolute Gasteiger partial charge is 0.193 e. The summed E-state index contributed by atoms with van der Waals surface area (Å²) in [6.45, 7) is 6.56. The van der Waals surface area contributed by atoms with E-state index in [1.807, 2.05) is 11.6 Å². The van der Waals surface area contributed by atoms with Crippen molar-refractivity contribution in [3.63, 3.8) is 0 Å². The number of guanidine groups is 1. The summed E-state index contributed by atoms with van der Waals surface area (Å²) in [5, 5.41) is 11.2. The molecule has 2 bridgehead atoms. The Kier molecular flexibility index (Phi) is 5.72. The van der Waals surface area contributed by atoms with Crippen LogP contribution in [0.15, 0.2) is 17.6 Å². The Morgan fingerprint density at radius 3 is 2.54 bits per heavy atom. The number of aliphatic imine (C=N–C) groups is 1. The Balaban J connectivity index is 1.15. The third-order valence-corrected chi connectivity index (χ3v) is 6.59. The zero-order chi connectivity index (χ0) is 17.8. The molecule has 0 spiro atoms. The van der Waals surface area contributed by atoms with Gasteiger partial charge in [0.05, 0.1) is 0 Å². The third-order valence-electron chi connectivity index (χ3n) is 6.59. The molecular formula is C19H33N7. The van der Waals surface area contributed by atoms with Crippen molar-refractivity contribution < 1.29 is 0 Å². The monoisotopic (exact) mass is 359 g/mol. The number of fused-ring (bicyclic) bond motifs is 2. The zero-order valence-electron chi connectivity index (χ0n) is 16.1. The molecule has 3 atom stereocenters. The molecule has 3 fully saturated rings. The van der Waals surface area contributed by atoms with Crippen LogP contribution in [-0.2, 0) is 6.54 Å². The molecule has 2 saturated carbocycles. The second kappa shape index (κ2) is 8.37. The van der Waals surface area contributed by atoms with Crippen molar-refractivity contribution in [1.82, 2.24) is 29.9 Å². The van der Waals surface area contributed by atoms with Gasteiger partial charge in [0.15, 0.2) is 5.96 Å². The van der Waals surface area contributed by atoms with E-state index in [4.69, 9.17) is 0 Å². The largest absolute Gasteiger partial charge is 0.356 e. The first kappa shape index (κ1) is 17.8. The minimum Gasteiger partial charge on any atom is -0.356 e. The van der Waals surface area contributed by atoms with Crippen LogP contribution in [0.3, 0.4) is 0 Å². The average molecular weight is 360 g/mol. The molecule has 1 aromatic rings. The molecule has 3 aliphatic rings. The standard InChI is InChI=1S/C19H33N7/c1-20-19(21-6-2-3-7-24-14-22-23-15-24)26-10-8-25(9-11-26)18-13-16-4-5-17(18)12-16/h14-18H,2-13H2,1H3,(H,20,21). The fourth-order valence-electron chi connectivity index (χ4n) is 5.21. The van der Waals surface area contributed by atoms with Crippen LogP contribution in [0, 0.1) is 11.8 Å². The molecule has 7 nitrogen and oxygen atoms in total. The van der Waals surface area contributed by atoms with E-state index >= 15 is 0 Å². The number of hydrogen-bond acceptors (Lipinski definition) is 4. The van der Waals surface area contributed by atoms with Crippen LogP contribution in [0.2, 0.25) is 0 Å². The van der Waals surface area contributed by atoms with Crippen molar-refractivity contribution in [3.8, 4) is 0 Å². The van der Waals surface area contributed by atoms with E-state index in [1.165, 1.54) is 38.8 Å². The highest BCUT2D eigenvalue weighted by Gasteiger charge is 2.42. The summed E-state index contributed by atoms with van der Waals surface area (Å²) in [5.41, 5.74) is 0. The number of rotatable bonds is 6. The van der Waals surface area contributed by atoms with E-state index in [9.17, 15) is 0 Å². The van der Waals surface area contributed by atoms with E-state index in [1.54, 1.807) is 12.7 Å². The first-order valence-corrected chi connectivity index (χ1v) is 10.4. The van der Waals surface area contributed by atoms with E-state index in [-0.39, 0.29) is 0 Å². The van der Waals surface area contributed by atoms with Crippen LogP contribution in [0.4, 0.5) is 0 Å². The van der Waals surface area contributed by atoms with Crippen molar-refractivity contribution in [2.45, 2.75) is 51.1 Å². The van der Waals surface area contributed by atoms with Crippen molar-refractivity contribution in [2.75, 3.05) is 39.8 Å². The Hall–Kier alpha value is -1.63. The number of hydrogen-bond donors (Lipinski definition) is 1. The summed E-state index contributed by atoms with van der Waals surface area (Å²) in [5.74, 6) is 3.10. The normalized spacial score (nSPS) is 29.5. The van der Waals surface area contributed by atoms with Gasteiger partial charge in [-0.3, -0.25) is 9.89 Å². The molecule has 0 aromatic carbocycles. The number of nitrogens with zero attached hydrogens (tertiary/aromatic N) is 6. The van der Waals surface area contributed by atoms with Gasteiger partial charge in [-0.05, 0) is 43.9 Å². The molecule has 0 radical (unpaired) electrons. The summed E-state index contributed by atoms with van der Waals surface area (Å²) >= 11 is 0. The van der Waals surface area contributed by atoms with Crippen molar-refractivity contribution in [2.24, 2.45) is 16.8 Å². The third kappa shape index (κ3) is 4.03. The molecule has 1 aromatic heterocycles. The Labute approximate surface area is 156 Å². The van der Waals surface area contributed by atoms with Crippen molar-refractivity contribution >= 4 is 5.96 Å². The van der Waals surface area contributed by atoms with Crippen molar-refractivity contribution in [1.29, 1.82) is 0 Å². The highest BCUT2D eigenvalue weighted by atomic mass is 15.4. The van der Waals surface area contributed by atoms with Crippen LogP contribution in [0.1, 0.15) is 38.5 Å². The molecule has 144 valence electrons. The van der Waals surface area contributed by atoms with Crippen LogP contribution in [-0.4, -0.2) is 76.3 Å². The maximum absolute atomic E-state index is 4.51. The van der Waals surface area contributed by atoms with E-state index in [0.29, 0.717) is 0 Å². The Morgan fingerprint density at radius 2 is 1.88 bits per heavy atom. The maximum atomic E-state index is 4.51. The lowest BCUT2D eigenvalue weighted by atomic mass is 9.93. The molecule has 1 saturated heterocycles. The first-order chi connectivity index (χ1) is 12.8. The lowest BCUT2D eigenvalue weighted by Crippen LogP contribution is -2.55. The van der Waals surface area contributed by atoms with Crippen LogP contribution in [0.5, 0.6) is 0 Å². The second-order valence-electron chi connectivity index (χ2n) is 8.15. The topological polar surface area (TPSA) is 61.6 Å². The minimum absolute atomic E-state index is 0.878. The van der Waals surface area contributed by atoms with Crippen LogP contribution >= 0.6 is 0 Å². The van der Waals surface area contributed by atoms with Gasteiger partial charge in [0.1, 0.15) is 12.7 Å². The van der Waals surface area contributed by atoms with E-state index in [0.717, 1.165) is 62.9 Å². The van der Waals surface area contributed by atoms with Crippen LogP contribution in [0.25, 0.3) is 0 Å². The van der Waals surface area contributed by atoms with Gasteiger partial charge in [-0.15, -0.1) is 10.2 Å². The summed E-state index contributed by atoms with van der Waals surface area (Å²) in [6.07, 6.45) is 11.8. The minimum atomic E-state index is 0.878. The molecule has 7 heteroatoms. The van der Waals surface area contributed by atoms with Gasteiger partial charge < -0.3 is 14.8 Å². The molecule has 1 aliphatic heterocycles. The van der Waals surface area contributed by atoms with Crippen LogP contribution < -0.4 is 5.32 Å². The fourth-order valence-corrected chi connectivity index (χ4v) is 5.21. The van der Waals surface area contributed by atoms with E-state index < -0.39 is 0 Å².